The maximum atomic E-state index is 12.3. The Balaban J connectivity index is 2.11. The molecule has 0 spiro atoms. The number of nitrogens with one attached hydrogen (secondary N) is 1. The number of nitrogens with zero attached hydrogens (tertiary/aromatic N) is 1. The number of hydrogen-bond acceptors (Lipinski definition) is 8. The molecule has 2 rings (SSSR count). The van der Waals surface area contributed by atoms with Crippen molar-refractivity contribution in [1.29, 1.82) is 0 Å². The molecule has 29 heavy (non-hydrogen) atoms. The molecule has 10 heteroatoms. The third-order valence-electron chi connectivity index (χ3n) is 3.62. The molecule has 2 aromatic rings. The van der Waals surface area contributed by atoms with Gasteiger partial charge in [0.25, 0.3) is 17.5 Å². The predicted octanol–water partition coefficient (Wildman–Crippen LogP) is 2.12. The van der Waals surface area contributed by atoms with E-state index in [9.17, 15) is 24.5 Å². The summed E-state index contributed by atoms with van der Waals surface area (Å²) in [4.78, 5) is 46.6. The van der Waals surface area contributed by atoms with Crippen molar-refractivity contribution in [1.82, 2.24) is 5.32 Å². The number of imide groups is 1. The summed E-state index contributed by atoms with van der Waals surface area (Å²) in [5, 5.41) is 13.3. The molecule has 2 aromatic carbocycles. The SMILES string of the molecule is CCOc1cc(C(=O)OCC(=O)NC(=O)c2ccccc2)c([N+](=O)[O-])cc1OC. The van der Waals surface area contributed by atoms with E-state index < -0.39 is 40.6 Å². The summed E-state index contributed by atoms with van der Waals surface area (Å²) in [5.74, 6) is -2.49. The highest BCUT2D eigenvalue weighted by Gasteiger charge is 2.26. The van der Waals surface area contributed by atoms with Gasteiger partial charge in [0.15, 0.2) is 18.1 Å². The predicted molar refractivity (Wildman–Crippen MR) is 100 cm³/mol. The van der Waals surface area contributed by atoms with E-state index in [2.05, 4.69) is 5.32 Å². The highest BCUT2D eigenvalue weighted by Crippen LogP contribution is 2.35. The fraction of sp³-hybridized carbons (Fsp3) is 0.211. The minimum Gasteiger partial charge on any atom is -0.493 e. The van der Waals surface area contributed by atoms with Gasteiger partial charge in [-0.3, -0.25) is 25.0 Å². The van der Waals surface area contributed by atoms with Gasteiger partial charge in [-0.05, 0) is 19.1 Å². The summed E-state index contributed by atoms with van der Waals surface area (Å²) >= 11 is 0. The minimum absolute atomic E-state index is 0.0706. The third-order valence-corrected chi connectivity index (χ3v) is 3.62. The zero-order valence-corrected chi connectivity index (χ0v) is 15.7. The molecule has 10 nitrogen and oxygen atoms in total. The van der Waals surface area contributed by atoms with E-state index in [-0.39, 0.29) is 23.7 Å². The van der Waals surface area contributed by atoms with Gasteiger partial charge in [0.05, 0.1) is 24.7 Å². The molecule has 0 unspecified atom stereocenters. The fourth-order valence-electron chi connectivity index (χ4n) is 2.32. The molecular weight excluding hydrogens is 384 g/mol. The van der Waals surface area contributed by atoms with Crippen LogP contribution in [0.4, 0.5) is 5.69 Å². The van der Waals surface area contributed by atoms with E-state index >= 15 is 0 Å². The lowest BCUT2D eigenvalue weighted by Crippen LogP contribution is -2.34. The van der Waals surface area contributed by atoms with Crippen molar-refractivity contribution in [2.45, 2.75) is 6.92 Å². The van der Waals surface area contributed by atoms with E-state index in [1.54, 1.807) is 25.1 Å². The number of ether oxygens (including phenoxy) is 3. The normalized spacial score (nSPS) is 10.0. The van der Waals surface area contributed by atoms with Gasteiger partial charge < -0.3 is 14.2 Å². The lowest BCUT2D eigenvalue weighted by molar-refractivity contribution is -0.385. The first kappa shape index (κ1) is 21.4. The van der Waals surface area contributed by atoms with Crippen molar-refractivity contribution in [3.63, 3.8) is 0 Å². The van der Waals surface area contributed by atoms with Crippen LogP contribution in [0.15, 0.2) is 42.5 Å². The number of esters is 1. The van der Waals surface area contributed by atoms with Crippen LogP contribution < -0.4 is 14.8 Å². The van der Waals surface area contributed by atoms with Crippen LogP contribution in [0.2, 0.25) is 0 Å². The Morgan fingerprint density at radius 3 is 2.38 bits per heavy atom. The van der Waals surface area contributed by atoms with Crippen LogP contribution in [0.25, 0.3) is 0 Å². The number of carbonyl (C=O) groups excluding carboxylic acids is 3. The van der Waals surface area contributed by atoms with Crippen LogP contribution in [-0.4, -0.2) is 43.0 Å². The van der Waals surface area contributed by atoms with Crippen LogP contribution >= 0.6 is 0 Å². The summed E-state index contributed by atoms with van der Waals surface area (Å²) in [6.45, 7) is 1.12. The van der Waals surface area contributed by atoms with Gasteiger partial charge in [0.2, 0.25) is 0 Å². The first-order valence-corrected chi connectivity index (χ1v) is 8.43. The quantitative estimate of drug-likeness (QED) is 0.403. The molecule has 152 valence electrons. The Bertz CT molecular complexity index is 927. The monoisotopic (exact) mass is 402 g/mol. The minimum atomic E-state index is -1.12. The first-order chi connectivity index (χ1) is 13.9. The van der Waals surface area contributed by atoms with Crippen molar-refractivity contribution in [2.75, 3.05) is 20.3 Å². The lowest BCUT2D eigenvalue weighted by atomic mass is 10.1. The van der Waals surface area contributed by atoms with Crippen molar-refractivity contribution in [3.05, 3.63) is 63.7 Å². The van der Waals surface area contributed by atoms with Gasteiger partial charge in [-0.25, -0.2) is 4.79 Å². The number of benzene rings is 2. The van der Waals surface area contributed by atoms with Crippen LogP contribution in [0, 0.1) is 10.1 Å². The molecule has 2 amide bonds. The van der Waals surface area contributed by atoms with Gasteiger partial charge in [0, 0.05) is 11.6 Å². The number of carbonyl (C=O) groups is 3. The van der Waals surface area contributed by atoms with E-state index in [1.807, 2.05) is 0 Å². The Labute approximate surface area is 165 Å². The van der Waals surface area contributed by atoms with Crippen LogP contribution in [0.5, 0.6) is 11.5 Å². The highest BCUT2D eigenvalue weighted by atomic mass is 16.6. The van der Waals surface area contributed by atoms with Gasteiger partial charge in [0.1, 0.15) is 5.56 Å². The first-order valence-electron chi connectivity index (χ1n) is 8.43. The largest absolute Gasteiger partial charge is 0.493 e. The van der Waals surface area contributed by atoms with Crippen molar-refractivity contribution in [3.8, 4) is 11.5 Å². The Hall–Kier alpha value is -3.95. The van der Waals surface area contributed by atoms with Crippen molar-refractivity contribution in [2.24, 2.45) is 0 Å². The Morgan fingerprint density at radius 2 is 1.79 bits per heavy atom. The average molecular weight is 402 g/mol. The molecule has 0 atom stereocenters. The number of rotatable bonds is 8. The topological polar surface area (TPSA) is 134 Å². The Morgan fingerprint density at radius 1 is 1.10 bits per heavy atom. The number of nitro benzene ring substituents is 1. The smallest absolute Gasteiger partial charge is 0.345 e. The molecule has 0 heterocycles. The second-order valence-corrected chi connectivity index (χ2v) is 5.53. The number of hydrogen-bond donors (Lipinski definition) is 1. The third kappa shape index (κ3) is 5.51. The maximum absolute atomic E-state index is 12.3. The standard InChI is InChI=1S/C19H18N2O8/c1-3-28-16-9-13(14(21(25)26)10-15(16)27-2)19(24)29-11-17(22)20-18(23)12-7-5-4-6-8-12/h4-10H,3,11H2,1-2H3,(H,20,22,23). The van der Waals surface area contributed by atoms with Gasteiger partial charge >= 0.3 is 5.97 Å². The second kappa shape index (κ2) is 9.83. The summed E-state index contributed by atoms with van der Waals surface area (Å²) in [7, 11) is 1.30. The van der Waals surface area contributed by atoms with E-state index in [1.165, 1.54) is 19.2 Å². The van der Waals surface area contributed by atoms with E-state index in [4.69, 9.17) is 14.2 Å². The summed E-state index contributed by atoms with van der Waals surface area (Å²) in [5.41, 5.74) is -0.739. The van der Waals surface area contributed by atoms with E-state index in [0.717, 1.165) is 12.1 Å². The zero-order valence-electron chi connectivity index (χ0n) is 15.7. The molecule has 0 aliphatic carbocycles. The van der Waals surface area contributed by atoms with Crippen molar-refractivity contribution >= 4 is 23.5 Å². The van der Waals surface area contributed by atoms with Crippen LogP contribution in [-0.2, 0) is 9.53 Å². The second-order valence-electron chi connectivity index (χ2n) is 5.53. The summed E-state index contributed by atoms with van der Waals surface area (Å²) in [6, 6.07) is 10.1. The lowest BCUT2D eigenvalue weighted by Gasteiger charge is -2.11. The summed E-state index contributed by atoms with van der Waals surface area (Å²) < 4.78 is 15.1. The van der Waals surface area contributed by atoms with Crippen molar-refractivity contribution < 1.29 is 33.5 Å². The zero-order chi connectivity index (χ0) is 21.4. The number of methoxy groups -OCH3 is 1. The number of nitro groups is 1. The molecular formula is C19H18N2O8. The van der Waals surface area contributed by atoms with Gasteiger partial charge in [-0.1, -0.05) is 18.2 Å². The maximum Gasteiger partial charge on any atom is 0.345 e. The van der Waals surface area contributed by atoms with Gasteiger partial charge in [-0.2, -0.15) is 0 Å². The number of amides is 2. The summed E-state index contributed by atoms with van der Waals surface area (Å²) in [6.07, 6.45) is 0. The molecule has 0 aliphatic rings. The Kier molecular flexibility index (Phi) is 7.24. The van der Waals surface area contributed by atoms with E-state index in [0.29, 0.717) is 0 Å². The molecule has 0 saturated heterocycles. The molecule has 0 aromatic heterocycles. The average Bonchev–Trinajstić information content (AvgIpc) is 2.72. The molecule has 0 fully saturated rings. The molecule has 0 radical (unpaired) electrons. The molecule has 1 N–H and O–H groups in total. The van der Waals surface area contributed by atoms with Crippen LogP contribution in [0.1, 0.15) is 27.6 Å². The van der Waals surface area contributed by atoms with Gasteiger partial charge in [-0.15, -0.1) is 0 Å². The molecule has 0 saturated carbocycles. The molecule has 0 aliphatic heterocycles. The molecule has 0 bridgehead atoms. The fourth-order valence-corrected chi connectivity index (χ4v) is 2.32. The highest BCUT2D eigenvalue weighted by molar-refractivity contribution is 6.05. The van der Waals surface area contributed by atoms with Crippen LogP contribution in [0.3, 0.4) is 0 Å².